The van der Waals surface area contributed by atoms with Crippen LogP contribution >= 0.6 is 24.0 Å². The second kappa shape index (κ2) is 9.16. The van der Waals surface area contributed by atoms with Crippen molar-refractivity contribution in [1.82, 2.24) is 10.6 Å². The molecule has 0 radical (unpaired) electrons. The summed E-state index contributed by atoms with van der Waals surface area (Å²) < 4.78 is 23.0. The second-order valence-corrected chi connectivity index (χ2v) is 7.59. The lowest BCUT2D eigenvalue weighted by Crippen LogP contribution is -2.44. The zero-order chi connectivity index (χ0) is 16.9. The Hall–Kier alpha value is -1.43. The average Bonchev–Trinajstić information content (AvgIpc) is 2.84. The Morgan fingerprint density at radius 1 is 1.38 bits per heavy atom. The lowest BCUT2D eigenvalue weighted by Gasteiger charge is -2.15. The van der Waals surface area contributed by atoms with E-state index in [1.807, 2.05) is 6.92 Å². The van der Waals surface area contributed by atoms with E-state index in [4.69, 9.17) is 0 Å². The van der Waals surface area contributed by atoms with Crippen LogP contribution in [0.1, 0.15) is 18.9 Å². The summed E-state index contributed by atoms with van der Waals surface area (Å²) in [5.74, 6) is 0.870. The van der Waals surface area contributed by atoms with E-state index in [-0.39, 0.29) is 47.2 Å². The molecule has 1 unspecified atom stereocenters. The summed E-state index contributed by atoms with van der Waals surface area (Å²) in [5.41, 5.74) is 0.880. The van der Waals surface area contributed by atoms with Gasteiger partial charge in [-0.15, -0.1) is 24.0 Å². The Morgan fingerprint density at radius 3 is 2.54 bits per heavy atom. The molecule has 1 aromatic carbocycles. The molecule has 2 N–H and O–H groups in total. The van der Waals surface area contributed by atoms with Crippen molar-refractivity contribution in [3.05, 3.63) is 39.9 Å². The first-order valence-electron chi connectivity index (χ1n) is 7.38. The summed E-state index contributed by atoms with van der Waals surface area (Å²) in [4.78, 5) is 14.6. The predicted molar refractivity (Wildman–Crippen MR) is 104 cm³/mol. The van der Waals surface area contributed by atoms with Crippen LogP contribution in [0.4, 0.5) is 5.69 Å². The van der Waals surface area contributed by atoms with E-state index in [0.29, 0.717) is 25.5 Å². The number of hydrogen-bond donors (Lipinski definition) is 2. The lowest BCUT2D eigenvalue weighted by molar-refractivity contribution is -0.384. The molecular weight excluding hydrogens is 447 g/mol. The standard InChI is InChI=1S/C14H20N4O4S.HI/c1-2-15-14(17-12-7-8-23(21,22)10-12)16-9-11-3-5-13(6-4-11)18(19)20;/h3-6,12H,2,7-10H2,1H3,(H2,15,16,17);1H. The van der Waals surface area contributed by atoms with Gasteiger partial charge in [0.1, 0.15) is 0 Å². The summed E-state index contributed by atoms with van der Waals surface area (Å²) in [6.45, 7) is 2.94. The number of rotatable bonds is 5. The minimum absolute atomic E-state index is 0. The van der Waals surface area contributed by atoms with Crippen molar-refractivity contribution in [3.63, 3.8) is 0 Å². The first-order chi connectivity index (χ1) is 10.9. The maximum Gasteiger partial charge on any atom is 0.269 e. The number of nitrogens with zero attached hydrogens (tertiary/aromatic N) is 2. The number of nitrogens with one attached hydrogen (secondary N) is 2. The number of halogens is 1. The van der Waals surface area contributed by atoms with Crippen LogP contribution in [0, 0.1) is 10.1 Å². The van der Waals surface area contributed by atoms with E-state index in [2.05, 4.69) is 15.6 Å². The molecule has 0 bridgehead atoms. The number of hydrogen-bond acceptors (Lipinski definition) is 5. The first kappa shape index (κ1) is 20.6. The molecule has 0 amide bonds. The monoisotopic (exact) mass is 468 g/mol. The lowest BCUT2D eigenvalue weighted by atomic mass is 10.2. The Labute approximate surface area is 158 Å². The van der Waals surface area contributed by atoms with Gasteiger partial charge in [-0.3, -0.25) is 10.1 Å². The second-order valence-electron chi connectivity index (χ2n) is 5.36. The van der Waals surface area contributed by atoms with Crippen molar-refractivity contribution in [2.45, 2.75) is 25.9 Å². The highest BCUT2D eigenvalue weighted by Crippen LogP contribution is 2.13. The highest BCUT2D eigenvalue weighted by molar-refractivity contribution is 14.0. The van der Waals surface area contributed by atoms with Crippen LogP contribution in [0.25, 0.3) is 0 Å². The molecule has 1 heterocycles. The van der Waals surface area contributed by atoms with Gasteiger partial charge < -0.3 is 10.6 Å². The quantitative estimate of drug-likeness (QED) is 0.222. The Morgan fingerprint density at radius 2 is 2.04 bits per heavy atom. The molecule has 1 aliphatic rings. The fourth-order valence-electron chi connectivity index (χ4n) is 2.32. The largest absolute Gasteiger partial charge is 0.357 e. The summed E-state index contributed by atoms with van der Waals surface area (Å²) in [6.07, 6.45) is 0.574. The fourth-order valence-corrected chi connectivity index (χ4v) is 3.99. The molecule has 1 saturated heterocycles. The van der Waals surface area contributed by atoms with Gasteiger partial charge in [0.25, 0.3) is 5.69 Å². The number of benzene rings is 1. The first-order valence-corrected chi connectivity index (χ1v) is 9.20. The molecule has 0 saturated carbocycles. The van der Waals surface area contributed by atoms with Crippen LogP contribution in [0.15, 0.2) is 29.3 Å². The van der Waals surface area contributed by atoms with Gasteiger partial charge in [-0.1, -0.05) is 12.1 Å². The molecular formula is C14H21IN4O4S. The summed E-state index contributed by atoms with van der Waals surface area (Å²) in [5, 5.41) is 16.8. The third-order valence-corrected chi connectivity index (χ3v) is 5.25. The molecule has 24 heavy (non-hydrogen) atoms. The Kier molecular flexibility index (Phi) is 7.87. The van der Waals surface area contributed by atoms with Crippen molar-refractivity contribution in [3.8, 4) is 0 Å². The summed E-state index contributed by atoms with van der Waals surface area (Å²) in [6, 6.07) is 6.06. The number of aliphatic imine (C=N–C) groups is 1. The van der Waals surface area contributed by atoms with Gasteiger partial charge in [-0.2, -0.15) is 0 Å². The van der Waals surface area contributed by atoms with Crippen molar-refractivity contribution in [1.29, 1.82) is 0 Å². The smallest absolute Gasteiger partial charge is 0.269 e. The van der Waals surface area contributed by atoms with Crippen LogP contribution in [-0.4, -0.2) is 43.4 Å². The van der Waals surface area contributed by atoms with Gasteiger partial charge in [-0.05, 0) is 18.9 Å². The average molecular weight is 468 g/mol. The van der Waals surface area contributed by atoms with Crippen LogP contribution in [0.3, 0.4) is 0 Å². The van der Waals surface area contributed by atoms with E-state index >= 15 is 0 Å². The van der Waals surface area contributed by atoms with Crippen LogP contribution in [0.5, 0.6) is 0 Å². The third kappa shape index (κ3) is 6.23. The van der Waals surface area contributed by atoms with Gasteiger partial charge in [0.2, 0.25) is 0 Å². The molecule has 1 aliphatic heterocycles. The minimum Gasteiger partial charge on any atom is -0.357 e. The maximum absolute atomic E-state index is 11.5. The molecule has 0 aliphatic carbocycles. The SMILES string of the molecule is CCNC(=NCc1ccc([N+](=O)[O-])cc1)NC1CCS(=O)(=O)C1.I. The molecule has 134 valence electrons. The molecule has 2 rings (SSSR count). The van der Waals surface area contributed by atoms with Gasteiger partial charge >= 0.3 is 0 Å². The number of sulfone groups is 1. The van der Waals surface area contributed by atoms with E-state index in [1.165, 1.54) is 12.1 Å². The van der Waals surface area contributed by atoms with E-state index in [1.54, 1.807) is 12.1 Å². The molecule has 0 spiro atoms. The van der Waals surface area contributed by atoms with Gasteiger partial charge in [0, 0.05) is 24.7 Å². The van der Waals surface area contributed by atoms with Crippen LogP contribution < -0.4 is 10.6 Å². The summed E-state index contributed by atoms with van der Waals surface area (Å²) in [7, 11) is -2.95. The topological polar surface area (TPSA) is 114 Å². The minimum atomic E-state index is -2.95. The molecule has 10 heteroatoms. The van der Waals surface area contributed by atoms with Gasteiger partial charge in [-0.25, -0.2) is 13.4 Å². The highest BCUT2D eigenvalue weighted by Gasteiger charge is 2.28. The van der Waals surface area contributed by atoms with E-state index < -0.39 is 14.8 Å². The van der Waals surface area contributed by atoms with E-state index in [9.17, 15) is 18.5 Å². The van der Waals surface area contributed by atoms with Crippen LogP contribution in [0.2, 0.25) is 0 Å². The van der Waals surface area contributed by atoms with Crippen molar-refractivity contribution in [2.24, 2.45) is 4.99 Å². The summed E-state index contributed by atoms with van der Waals surface area (Å²) >= 11 is 0. The maximum atomic E-state index is 11.5. The Bertz CT molecular complexity index is 691. The molecule has 1 fully saturated rings. The zero-order valence-corrected chi connectivity index (χ0v) is 16.4. The zero-order valence-electron chi connectivity index (χ0n) is 13.3. The Balaban J connectivity index is 0.00000288. The van der Waals surface area contributed by atoms with Crippen molar-refractivity contribution in [2.75, 3.05) is 18.1 Å². The normalized spacial score (nSPS) is 19.4. The third-order valence-electron chi connectivity index (χ3n) is 3.48. The number of nitro benzene ring substituents is 1. The number of non-ortho nitro benzene ring substituents is 1. The molecule has 0 aromatic heterocycles. The van der Waals surface area contributed by atoms with Crippen molar-refractivity contribution >= 4 is 45.5 Å². The predicted octanol–water partition coefficient (Wildman–Crippen LogP) is 1.45. The molecule has 1 aromatic rings. The molecule has 8 nitrogen and oxygen atoms in total. The van der Waals surface area contributed by atoms with Crippen molar-refractivity contribution < 1.29 is 13.3 Å². The molecule has 1 atom stereocenters. The van der Waals surface area contributed by atoms with Crippen LogP contribution in [-0.2, 0) is 16.4 Å². The fraction of sp³-hybridized carbons (Fsp3) is 0.500. The number of nitro groups is 1. The number of guanidine groups is 1. The van der Waals surface area contributed by atoms with Gasteiger partial charge in [0.15, 0.2) is 15.8 Å². The van der Waals surface area contributed by atoms with E-state index in [0.717, 1.165) is 5.56 Å². The highest BCUT2D eigenvalue weighted by atomic mass is 127. The van der Waals surface area contributed by atoms with Gasteiger partial charge in [0.05, 0.1) is 23.0 Å².